The summed E-state index contributed by atoms with van der Waals surface area (Å²) in [5.74, 6) is 0. The quantitative estimate of drug-likeness (QED) is 0.807. The van der Waals surface area contributed by atoms with Crippen molar-refractivity contribution in [2.75, 3.05) is 11.9 Å². The minimum absolute atomic E-state index is 0.297. The van der Waals surface area contributed by atoms with E-state index >= 15 is 0 Å². The van der Waals surface area contributed by atoms with Crippen molar-refractivity contribution < 1.29 is 13.2 Å². The number of alkyl halides is 3. The van der Waals surface area contributed by atoms with Gasteiger partial charge in [-0.15, -0.1) is 0 Å². The molecule has 0 saturated heterocycles. The molecule has 0 aliphatic carbocycles. The van der Waals surface area contributed by atoms with Crippen molar-refractivity contribution in [2.45, 2.75) is 19.5 Å². The van der Waals surface area contributed by atoms with Crippen LogP contribution in [-0.2, 0) is 6.18 Å². The lowest BCUT2D eigenvalue weighted by Crippen LogP contribution is -2.29. The van der Waals surface area contributed by atoms with Crippen molar-refractivity contribution in [3.8, 4) is 0 Å². The number of halogens is 4. The van der Waals surface area contributed by atoms with Gasteiger partial charge in [0.25, 0.3) is 0 Å². The molecule has 0 spiro atoms. The van der Waals surface area contributed by atoms with Gasteiger partial charge in [-0.1, -0.05) is 22.9 Å². The molecule has 1 aromatic carbocycles. The topological polar surface area (TPSA) is 24.1 Å². The van der Waals surface area contributed by atoms with Crippen LogP contribution in [0, 0.1) is 0 Å². The summed E-state index contributed by atoms with van der Waals surface area (Å²) in [4.78, 5) is 0. The van der Waals surface area contributed by atoms with Crippen LogP contribution >= 0.6 is 28.1 Å². The van der Waals surface area contributed by atoms with Crippen LogP contribution in [0.1, 0.15) is 18.9 Å². The van der Waals surface area contributed by atoms with E-state index in [4.69, 9.17) is 12.2 Å². The number of hydrogen-bond donors (Lipinski definition) is 2. The van der Waals surface area contributed by atoms with Crippen LogP contribution < -0.4 is 10.6 Å². The zero-order valence-electron chi connectivity index (χ0n) is 9.57. The average Bonchev–Trinajstić information content (AvgIpc) is 2.24. The first-order valence-corrected chi connectivity index (χ1v) is 6.45. The summed E-state index contributed by atoms with van der Waals surface area (Å²) in [5, 5.41) is 5.91. The van der Waals surface area contributed by atoms with Crippen molar-refractivity contribution in [3.05, 3.63) is 28.2 Å². The van der Waals surface area contributed by atoms with Crippen LogP contribution in [0.25, 0.3) is 0 Å². The van der Waals surface area contributed by atoms with Gasteiger partial charge >= 0.3 is 6.18 Å². The molecule has 18 heavy (non-hydrogen) atoms. The summed E-state index contributed by atoms with van der Waals surface area (Å²) in [5.41, 5.74) is -0.428. The summed E-state index contributed by atoms with van der Waals surface area (Å²) >= 11 is 8.01. The van der Waals surface area contributed by atoms with Crippen LogP contribution in [0.2, 0.25) is 0 Å². The van der Waals surface area contributed by atoms with Crippen LogP contribution in [0.3, 0.4) is 0 Å². The molecule has 0 radical (unpaired) electrons. The Morgan fingerprint density at radius 1 is 1.33 bits per heavy atom. The first-order valence-electron chi connectivity index (χ1n) is 5.25. The molecule has 0 aliphatic rings. The fourth-order valence-corrected chi connectivity index (χ4v) is 1.95. The third kappa shape index (κ3) is 4.81. The van der Waals surface area contributed by atoms with E-state index in [1.54, 1.807) is 0 Å². The number of rotatable bonds is 3. The summed E-state index contributed by atoms with van der Waals surface area (Å²) in [7, 11) is 0. The molecule has 0 heterocycles. The molecule has 2 nitrogen and oxygen atoms in total. The molecule has 100 valence electrons. The molecular weight excluding hydrogens is 329 g/mol. The lowest BCUT2D eigenvalue weighted by Gasteiger charge is -2.13. The molecule has 0 bridgehead atoms. The second kappa shape index (κ2) is 6.38. The molecule has 2 N–H and O–H groups in total. The number of hydrogen-bond acceptors (Lipinski definition) is 1. The van der Waals surface area contributed by atoms with Gasteiger partial charge in [-0.3, -0.25) is 0 Å². The maximum Gasteiger partial charge on any atom is 0.416 e. The zero-order valence-corrected chi connectivity index (χ0v) is 12.0. The SMILES string of the molecule is CCCNC(=S)Nc1cc(Br)cc(C(F)(F)F)c1. The number of benzene rings is 1. The minimum Gasteiger partial charge on any atom is -0.362 e. The highest BCUT2D eigenvalue weighted by atomic mass is 79.9. The molecule has 1 rings (SSSR count). The van der Waals surface area contributed by atoms with Gasteiger partial charge in [-0.05, 0) is 36.8 Å². The smallest absolute Gasteiger partial charge is 0.362 e. The van der Waals surface area contributed by atoms with Gasteiger partial charge in [0, 0.05) is 16.7 Å². The maximum atomic E-state index is 12.6. The van der Waals surface area contributed by atoms with Crippen molar-refractivity contribution in [2.24, 2.45) is 0 Å². The molecule has 0 aliphatic heterocycles. The van der Waals surface area contributed by atoms with Gasteiger partial charge in [0.15, 0.2) is 5.11 Å². The molecule has 0 aromatic heterocycles. The second-order valence-electron chi connectivity index (χ2n) is 3.61. The predicted molar refractivity (Wildman–Crippen MR) is 73.7 cm³/mol. The van der Waals surface area contributed by atoms with Gasteiger partial charge < -0.3 is 10.6 Å². The van der Waals surface area contributed by atoms with E-state index in [1.165, 1.54) is 6.07 Å². The molecule has 0 fully saturated rings. The van der Waals surface area contributed by atoms with Crippen LogP contribution in [0.4, 0.5) is 18.9 Å². The molecule has 0 saturated carbocycles. The Labute approximate surface area is 117 Å². The lowest BCUT2D eigenvalue weighted by atomic mass is 10.2. The Bertz CT molecular complexity index is 435. The van der Waals surface area contributed by atoms with Crippen LogP contribution in [-0.4, -0.2) is 11.7 Å². The Kier molecular flexibility index (Phi) is 5.40. The monoisotopic (exact) mass is 340 g/mol. The highest BCUT2D eigenvalue weighted by molar-refractivity contribution is 9.10. The molecule has 0 atom stereocenters. The first-order chi connectivity index (χ1) is 8.32. The highest BCUT2D eigenvalue weighted by Crippen LogP contribution is 2.33. The molecular formula is C11H12BrF3N2S. The Morgan fingerprint density at radius 3 is 2.56 bits per heavy atom. The average molecular weight is 341 g/mol. The number of nitrogens with one attached hydrogen (secondary N) is 2. The van der Waals surface area contributed by atoms with Gasteiger partial charge in [0.1, 0.15) is 0 Å². The van der Waals surface area contributed by atoms with Crippen molar-refractivity contribution in [1.29, 1.82) is 0 Å². The fraction of sp³-hybridized carbons (Fsp3) is 0.364. The lowest BCUT2D eigenvalue weighted by molar-refractivity contribution is -0.137. The van der Waals surface area contributed by atoms with Gasteiger partial charge in [0.05, 0.1) is 5.56 Å². The molecule has 0 amide bonds. The van der Waals surface area contributed by atoms with E-state index in [1.807, 2.05) is 6.92 Å². The van der Waals surface area contributed by atoms with E-state index in [0.717, 1.165) is 18.6 Å². The van der Waals surface area contributed by atoms with E-state index in [9.17, 15) is 13.2 Å². The van der Waals surface area contributed by atoms with Crippen LogP contribution in [0.15, 0.2) is 22.7 Å². The van der Waals surface area contributed by atoms with E-state index in [0.29, 0.717) is 21.8 Å². The predicted octanol–water partition coefficient (Wildman–Crippen LogP) is 4.16. The largest absolute Gasteiger partial charge is 0.416 e. The normalized spacial score (nSPS) is 11.2. The molecule has 7 heteroatoms. The van der Waals surface area contributed by atoms with Crippen molar-refractivity contribution >= 4 is 38.9 Å². The fourth-order valence-electron chi connectivity index (χ4n) is 1.24. The van der Waals surface area contributed by atoms with E-state index in [-0.39, 0.29) is 0 Å². The zero-order chi connectivity index (χ0) is 13.8. The summed E-state index contributed by atoms with van der Waals surface area (Å²) in [6, 6.07) is 3.58. The standard InChI is InChI=1S/C11H12BrF3N2S/c1-2-3-16-10(18)17-9-5-7(11(13,14)15)4-8(12)6-9/h4-6H,2-3H2,1H3,(H2,16,17,18). The summed E-state index contributed by atoms with van der Waals surface area (Å²) in [6.07, 6.45) is -3.49. The van der Waals surface area contributed by atoms with E-state index in [2.05, 4.69) is 26.6 Å². The Hall–Kier alpha value is -0.820. The first kappa shape index (κ1) is 15.2. The minimum atomic E-state index is -4.38. The second-order valence-corrected chi connectivity index (χ2v) is 4.93. The van der Waals surface area contributed by atoms with Crippen molar-refractivity contribution in [3.63, 3.8) is 0 Å². The maximum absolute atomic E-state index is 12.6. The third-order valence-corrected chi connectivity index (χ3v) is 2.72. The Balaban J connectivity index is 2.84. The molecule has 1 aromatic rings. The summed E-state index contributed by atoms with van der Waals surface area (Å²) < 4.78 is 38.1. The summed E-state index contributed by atoms with van der Waals surface area (Å²) in [6.45, 7) is 2.64. The third-order valence-electron chi connectivity index (χ3n) is 2.02. The highest BCUT2D eigenvalue weighted by Gasteiger charge is 2.31. The number of thiocarbonyl (C=S) groups is 1. The van der Waals surface area contributed by atoms with Gasteiger partial charge in [-0.2, -0.15) is 13.2 Å². The number of anilines is 1. The Morgan fingerprint density at radius 2 is 2.00 bits per heavy atom. The van der Waals surface area contributed by atoms with E-state index < -0.39 is 11.7 Å². The van der Waals surface area contributed by atoms with Crippen molar-refractivity contribution in [1.82, 2.24) is 5.32 Å². The molecule has 0 unspecified atom stereocenters. The van der Waals surface area contributed by atoms with Gasteiger partial charge in [0.2, 0.25) is 0 Å². The van der Waals surface area contributed by atoms with Gasteiger partial charge in [-0.25, -0.2) is 0 Å². The van der Waals surface area contributed by atoms with Crippen LogP contribution in [0.5, 0.6) is 0 Å².